The molecule has 0 atom stereocenters. The maximum Gasteiger partial charge on any atom is 0.410 e. The molecule has 0 aliphatic carbocycles. The molecule has 2 aliphatic heterocycles. The SMILES string of the molecule is CC(C)(C)OC(=O)N1CC2(CCN(C(=O)O)CC2(F)F)C1. The van der Waals surface area contributed by atoms with Crippen molar-refractivity contribution in [1.82, 2.24) is 9.80 Å². The topological polar surface area (TPSA) is 70.1 Å². The predicted octanol–water partition coefficient (Wildman–Crippen LogP) is 2.24. The summed E-state index contributed by atoms with van der Waals surface area (Å²) in [4.78, 5) is 24.6. The van der Waals surface area contributed by atoms with Crippen molar-refractivity contribution in [1.29, 1.82) is 0 Å². The van der Waals surface area contributed by atoms with Crippen molar-refractivity contribution < 1.29 is 28.2 Å². The Bertz CT molecular complexity index is 456. The second-order valence-electron chi connectivity index (χ2n) is 6.78. The summed E-state index contributed by atoms with van der Waals surface area (Å²) in [6.07, 6.45) is -1.90. The van der Waals surface area contributed by atoms with Gasteiger partial charge < -0.3 is 19.6 Å². The number of carbonyl (C=O) groups excluding carboxylic acids is 1. The Morgan fingerprint density at radius 3 is 2.14 bits per heavy atom. The first-order valence-corrected chi connectivity index (χ1v) is 6.79. The molecule has 120 valence electrons. The number of hydrogen-bond donors (Lipinski definition) is 1. The molecule has 2 rings (SSSR count). The molecule has 0 unspecified atom stereocenters. The molecule has 2 saturated heterocycles. The van der Waals surface area contributed by atoms with E-state index in [2.05, 4.69) is 0 Å². The molecule has 0 saturated carbocycles. The normalized spacial score (nSPS) is 23.7. The Morgan fingerprint density at radius 2 is 1.71 bits per heavy atom. The zero-order valence-electron chi connectivity index (χ0n) is 12.4. The lowest BCUT2D eigenvalue weighted by Gasteiger charge is -2.56. The van der Waals surface area contributed by atoms with Crippen LogP contribution in [-0.4, -0.2) is 64.8 Å². The Morgan fingerprint density at radius 1 is 1.14 bits per heavy atom. The first-order valence-electron chi connectivity index (χ1n) is 6.79. The highest BCUT2D eigenvalue weighted by atomic mass is 19.3. The summed E-state index contributed by atoms with van der Waals surface area (Å²) in [6.45, 7) is 4.18. The summed E-state index contributed by atoms with van der Waals surface area (Å²) in [5.74, 6) is -3.14. The van der Waals surface area contributed by atoms with E-state index in [1.165, 1.54) is 4.90 Å². The summed E-state index contributed by atoms with van der Waals surface area (Å²) in [7, 11) is 0. The highest BCUT2D eigenvalue weighted by Gasteiger charge is 2.64. The number of alkyl halides is 2. The molecule has 0 aromatic rings. The number of rotatable bonds is 0. The van der Waals surface area contributed by atoms with Crippen LogP contribution >= 0.6 is 0 Å². The Balaban J connectivity index is 1.98. The van der Waals surface area contributed by atoms with Crippen LogP contribution in [-0.2, 0) is 4.74 Å². The Kier molecular flexibility index (Phi) is 3.54. The molecule has 21 heavy (non-hydrogen) atoms. The zero-order chi connectivity index (χ0) is 16.1. The van der Waals surface area contributed by atoms with E-state index in [1.54, 1.807) is 20.8 Å². The molecule has 0 aromatic heterocycles. The van der Waals surface area contributed by atoms with Crippen LogP contribution in [0.2, 0.25) is 0 Å². The third-order valence-corrected chi connectivity index (χ3v) is 3.93. The fraction of sp³-hybridized carbons (Fsp3) is 0.846. The average molecular weight is 306 g/mol. The van der Waals surface area contributed by atoms with E-state index < -0.39 is 35.7 Å². The van der Waals surface area contributed by atoms with Crippen LogP contribution in [0.3, 0.4) is 0 Å². The van der Waals surface area contributed by atoms with Crippen molar-refractivity contribution in [2.24, 2.45) is 5.41 Å². The van der Waals surface area contributed by atoms with Gasteiger partial charge in [-0.3, -0.25) is 0 Å². The maximum absolute atomic E-state index is 14.2. The second-order valence-corrected chi connectivity index (χ2v) is 6.78. The largest absolute Gasteiger partial charge is 0.465 e. The lowest BCUT2D eigenvalue weighted by Crippen LogP contribution is -2.71. The highest BCUT2D eigenvalue weighted by molar-refractivity contribution is 5.70. The molecule has 2 heterocycles. The van der Waals surface area contributed by atoms with Gasteiger partial charge in [-0.15, -0.1) is 0 Å². The molecule has 2 fully saturated rings. The monoisotopic (exact) mass is 306 g/mol. The van der Waals surface area contributed by atoms with E-state index >= 15 is 0 Å². The fourth-order valence-corrected chi connectivity index (χ4v) is 2.71. The Hall–Kier alpha value is -1.60. The third kappa shape index (κ3) is 2.89. The minimum atomic E-state index is -3.14. The molecule has 6 nitrogen and oxygen atoms in total. The number of nitrogens with zero attached hydrogens (tertiary/aromatic N) is 2. The van der Waals surface area contributed by atoms with Crippen LogP contribution in [0, 0.1) is 5.41 Å². The molecular formula is C13H20F2N2O4. The quantitative estimate of drug-likeness (QED) is 0.745. The summed E-state index contributed by atoms with van der Waals surface area (Å²) in [6, 6.07) is 0. The standard InChI is InChI=1S/C13H20F2N2O4/c1-11(2,3)21-10(20)17-6-12(7-17)4-5-16(9(18)19)8-13(12,14)15/h4-8H2,1-3H3,(H,18,19). The van der Waals surface area contributed by atoms with E-state index in [-0.39, 0.29) is 26.1 Å². The highest BCUT2D eigenvalue weighted by Crippen LogP contribution is 2.50. The number of carboxylic acid groups (broad SMARTS) is 1. The van der Waals surface area contributed by atoms with Crippen LogP contribution in [0.25, 0.3) is 0 Å². The molecule has 0 aromatic carbocycles. The first-order chi connectivity index (χ1) is 9.46. The van der Waals surface area contributed by atoms with Crippen molar-refractivity contribution in [2.75, 3.05) is 26.2 Å². The summed E-state index contributed by atoms with van der Waals surface area (Å²) < 4.78 is 33.6. The van der Waals surface area contributed by atoms with Gasteiger partial charge in [0, 0.05) is 19.6 Å². The molecule has 2 amide bonds. The number of ether oxygens (including phenoxy) is 1. The van der Waals surface area contributed by atoms with Crippen LogP contribution in [0.1, 0.15) is 27.2 Å². The van der Waals surface area contributed by atoms with Crippen LogP contribution in [0.4, 0.5) is 18.4 Å². The van der Waals surface area contributed by atoms with Gasteiger partial charge in [0.15, 0.2) is 0 Å². The van der Waals surface area contributed by atoms with E-state index in [1.807, 2.05) is 0 Å². The molecule has 1 spiro atoms. The molecule has 8 heteroatoms. The lowest BCUT2D eigenvalue weighted by atomic mass is 9.69. The van der Waals surface area contributed by atoms with Gasteiger partial charge in [-0.25, -0.2) is 18.4 Å². The average Bonchev–Trinajstić information content (AvgIpc) is 2.21. The number of piperidine rings is 1. The van der Waals surface area contributed by atoms with Crippen molar-refractivity contribution in [3.63, 3.8) is 0 Å². The van der Waals surface area contributed by atoms with E-state index in [4.69, 9.17) is 9.84 Å². The summed E-state index contributed by atoms with van der Waals surface area (Å²) >= 11 is 0. The van der Waals surface area contributed by atoms with Gasteiger partial charge in [-0.1, -0.05) is 0 Å². The van der Waals surface area contributed by atoms with Crippen molar-refractivity contribution in [3.8, 4) is 0 Å². The van der Waals surface area contributed by atoms with Crippen molar-refractivity contribution >= 4 is 12.2 Å². The predicted molar refractivity (Wildman–Crippen MR) is 69.4 cm³/mol. The maximum atomic E-state index is 14.2. The fourth-order valence-electron chi connectivity index (χ4n) is 2.71. The van der Waals surface area contributed by atoms with Gasteiger partial charge in [0.2, 0.25) is 0 Å². The van der Waals surface area contributed by atoms with Gasteiger partial charge in [0.05, 0.1) is 12.0 Å². The minimum absolute atomic E-state index is 0.0472. The van der Waals surface area contributed by atoms with Crippen molar-refractivity contribution in [3.05, 3.63) is 0 Å². The summed E-state index contributed by atoms with van der Waals surface area (Å²) in [5, 5.41) is 8.81. The molecule has 1 N–H and O–H groups in total. The summed E-state index contributed by atoms with van der Waals surface area (Å²) in [5.41, 5.74) is -2.00. The van der Waals surface area contributed by atoms with Crippen LogP contribution < -0.4 is 0 Å². The van der Waals surface area contributed by atoms with Gasteiger partial charge in [-0.2, -0.15) is 0 Å². The third-order valence-electron chi connectivity index (χ3n) is 3.93. The van der Waals surface area contributed by atoms with Gasteiger partial charge in [-0.05, 0) is 27.2 Å². The molecule has 2 aliphatic rings. The van der Waals surface area contributed by atoms with Gasteiger partial charge in [0.25, 0.3) is 5.92 Å². The van der Waals surface area contributed by atoms with Gasteiger partial charge in [0.1, 0.15) is 5.60 Å². The number of likely N-dealkylation sites (tertiary alicyclic amines) is 2. The zero-order valence-corrected chi connectivity index (χ0v) is 12.4. The number of hydrogen-bond acceptors (Lipinski definition) is 3. The number of carbonyl (C=O) groups is 2. The first kappa shape index (κ1) is 15.8. The number of halogens is 2. The van der Waals surface area contributed by atoms with E-state index in [0.29, 0.717) is 0 Å². The van der Waals surface area contributed by atoms with Gasteiger partial charge >= 0.3 is 12.2 Å². The molecular weight excluding hydrogens is 286 g/mol. The van der Waals surface area contributed by atoms with Crippen molar-refractivity contribution in [2.45, 2.75) is 38.7 Å². The Labute approximate surface area is 121 Å². The smallest absolute Gasteiger partial charge is 0.410 e. The number of amides is 2. The van der Waals surface area contributed by atoms with E-state index in [9.17, 15) is 18.4 Å². The van der Waals surface area contributed by atoms with Crippen LogP contribution in [0.5, 0.6) is 0 Å². The lowest BCUT2D eigenvalue weighted by molar-refractivity contribution is -0.214. The second kappa shape index (κ2) is 4.71. The molecule has 0 radical (unpaired) electrons. The van der Waals surface area contributed by atoms with Crippen LogP contribution in [0.15, 0.2) is 0 Å². The minimum Gasteiger partial charge on any atom is -0.465 e. The van der Waals surface area contributed by atoms with E-state index in [0.717, 1.165) is 4.90 Å². The molecule has 0 bridgehead atoms.